The van der Waals surface area contributed by atoms with Gasteiger partial charge >= 0.3 is 0 Å². The summed E-state index contributed by atoms with van der Waals surface area (Å²) in [5.74, 6) is 1.32. The van der Waals surface area contributed by atoms with Crippen LogP contribution in [-0.2, 0) is 6.42 Å². The Morgan fingerprint density at radius 3 is 2.18 bits per heavy atom. The number of pyridine rings is 1. The smallest absolute Gasteiger partial charge is 0.274 e. The van der Waals surface area contributed by atoms with Gasteiger partial charge in [-0.2, -0.15) is 0 Å². The van der Waals surface area contributed by atoms with E-state index < -0.39 is 0 Å². The Hall–Kier alpha value is -3.54. The van der Waals surface area contributed by atoms with Crippen molar-refractivity contribution in [3.8, 4) is 11.5 Å². The summed E-state index contributed by atoms with van der Waals surface area (Å²) in [4.78, 5) is 16.6. The molecule has 0 aliphatic rings. The van der Waals surface area contributed by atoms with Crippen molar-refractivity contribution in [1.82, 2.24) is 4.98 Å². The predicted octanol–water partition coefficient (Wildman–Crippen LogP) is 4.01. The van der Waals surface area contributed by atoms with Crippen molar-refractivity contribution in [2.24, 2.45) is 0 Å². The first-order chi connectivity index (χ1) is 13.7. The van der Waals surface area contributed by atoms with Crippen molar-refractivity contribution < 1.29 is 14.3 Å². The number of carbonyl (C=O) groups excluding carboxylic acids is 1. The number of hydrogen-bond donors (Lipinski definition) is 2. The lowest BCUT2D eigenvalue weighted by Crippen LogP contribution is -2.14. The zero-order valence-corrected chi connectivity index (χ0v) is 15.9. The van der Waals surface area contributed by atoms with E-state index in [2.05, 4.69) is 15.6 Å². The van der Waals surface area contributed by atoms with Gasteiger partial charge in [0.1, 0.15) is 17.2 Å². The van der Waals surface area contributed by atoms with E-state index in [0.29, 0.717) is 11.4 Å². The highest BCUT2D eigenvalue weighted by molar-refractivity contribution is 6.03. The van der Waals surface area contributed by atoms with Gasteiger partial charge in [0, 0.05) is 24.1 Å². The van der Waals surface area contributed by atoms with Crippen LogP contribution >= 0.6 is 0 Å². The van der Waals surface area contributed by atoms with Gasteiger partial charge in [0.2, 0.25) is 0 Å². The molecule has 1 aromatic heterocycles. The summed E-state index contributed by atoms with van der Waals surface area (Å²) in [7, 11) is 3.26. The van der Waals surface area contributed by atoms with E-state index in [0.717, 1.165) is 30.2 Å². The first-order valence-corrected chi connectivity index (χ1v) is 8.96. The number of benzene rings is 2. The number of nitrogens with one attached hydrogen (secondary N) is 2. The number of hydrogen-bond acceptors (Lipinski definition) is 5. The van der Waals surface area contributed by atoms with Gasteiger partial charge in [0.25, 0.3) is 5.91 Å². The number of methoxy groups -OCH3 is 2. The minimum Gasteiger partial charge on any atom is -0.497 e. The Morgan fingerprint density at radius 2 is 1.54 bits per heavy atom. The third-order valence-corrected chi connectivity index (χ3v) is 4.24. The molecule has 0 atom stereocenters. The molecule has 0 bridgehead atoms. The number of rotatable bonds is 8. The Morgan fingerprint density at radius 1 is 0.893 bits per heavy atom. The van der Waals surface area contributed by atoms with E-state index in [1.165, 1.54) is 5.56 Å². The SMILES string of the molecule is COc1ccc(CCNc2ccnc(C(=O)Nc3ccc(OC)cc3)c2)cc1. The van der Waals surface area contributed by atoms with E-state index in [4.69, 9.17) is 9.47 Å². The minimum atomic E-state index is -0.260. The lowest BCUT2D eigenvalue weighted by Gasteiger charge is -2.09. The second-order valence-corrected chi connectivity index (χ2v) is 6.14. The second kappa shape index (κ2) is 9.41. The number of anilines is 2. The summed E-state index contributed by atoms with van der Waals surface area (Å²) in [5.41, 5.74) is 3.10. The number of aromatic nitrogens is 1. The molecule has 0 fully saturated rings. The largest absolute Gasteiger partial charge is 0.497 e. The lowest BCUT2D eigenvalue weighted by molar-refractivity contribution is 0.102. The van der Waals surface area contributed by atoms with Crippen molar-refractivity contribution in [3.05, 3.63) is 78.1 Å². The Bertz CT molecular complexity index is 909. The van der Waals surface area contributed by atoms with Crippen molar-refractivity contribution in [3.63, 3.8) is 0 Å². The average molecular weight is 377 g/mol. The van der Waals surface area contributed by atoms with Crippen molar-refractivity contribution in [2.45, 2.75) is 6.42 Å². The fourth-order valence-electron chi connectivity index (χ4n) is 2.68. The summed E-state index contributed by atoms with van der Waals surface area (Å²) in [6.07, 6.45) is 2.48. The molecule has 3 aromatic rings. The quantitative estimate of drug-likeness (QED) is 0.621. The van der Waals surface area contributed by atoms with Gasteiger partial charge in [0.05, 0.1) is 14.2 Å². The van der Waals surface area contributed by atoms with Gasteiger partial charge in [-0.1, -0.05) is 12.1 Å². The van der Waals surface area contributed by atoms with E-state index in [-0.39, 0.29) is 5.91 Å². The molecular formula is C22H23N3O3. The van der Waals surface area contributed by atoms with Crippen molar-refractivity contribution >= 4 is 17.3 Å². The summed E-state index contributed by atoms with van der Waals surface area (Å²) in [6.45, 7) is 0.746. The zero-order valence-electron chi connectivity index (χ0n) is 15.9. The minimum absolute atomic E-state index is 0.260. The lowest BCUT2D eigenvalue weighted by atomic mass is 10.1. The number of ether oxygens (including phenoxy) is 2. The van der Waals surface area contributed by atoms with Crippen LogP contribution in [0.1, 0.15) is 16.1 Å². The topological polar surface area (TPSA) is 72.5 Å². The van der Waals surface area contributed by atoms with Gasteiger partial charge < -0.3 is 20.1 Å². The van der Waals surface area contributed by atoms with Crippen LogP contribution in [0, 0.1) is 0 Å². The van der Waals surface area contributed by atoms with Gasteiger partial charge in [-0.3, -0.25) is 9.78 Å². The van der Waals surface area contributed by atoms with E-state index in [9.17, 15) is 4.79 Å². The van der Waals surface area contributed by atoms with E-state index in [1.54, 1.807) is 50.7 Å². The van der Waals surface area contributed by atoms with E-state index >= 15 is 0 Å². The normalized spacial score (nSPS) is 10.2. The highest BCUT2D eigenvalue weighted by atomic mass is 16.5. The third-order valence-electron chi connectivity index (χ3n) is 4.24. The van der Waals surface area contributed by atoms with Gasteiger partial charge in [-0.05, 0) is 60.5 Å². The molecule has 144 valence electrons. The Balaban J connectivity index is 1.55. The molecule has 0 radical (unpaired) electrons. The molecule has 0 unspecified atom stereocenters. The highest BCUT2D eigenvalue weighted by Gasteiger charge is 2.08. The van der Waals surface area contributed by atoms with E-state index in [1.807, 2.05) is 30.3 Å². The number of carbonyl (C=O) groups is 1. The molecule has 1 amide bonds. The maximum atomic E-state index is 12.4. The number of amides is 1. The molecule has 1 heterocycles. The van der Waals surface area contributed by atoms with Gasteiger partial charge in [0.15, 0.2) is 0 Å². The molecular weight excluding hydrogens is 354 g/mol. The molecule has 6 nitrogen and oxygen atoms in total. The molecule has 0 saturated carbocycles. The monoisotopic (exact) mass is 377 g/mol. The summed E-state index contributed by atoms with van der Waals surface area (Å²) < 4.78 is 10.3. The first-order valence-electron chi connectivity index (χ1n) is 8.96. The van der Waals surface area contributed by atoms with Crippen LogP contribution in [0.15, 0.2) is 66.9 Å². The summed E-state index contributed by atoms with van der Waals surface area (Å²) >= 11 is 0. The molecule has 0 spiro atoms. The standard InChI is InChI=1S/C22H23N3O3/c1-27-19-7-3-16(4-8-19)11-13-23-18-12-14-24-21(15-18)22(26)25-17-5-9-20(28-2)10-6-17/h3-10,12,14-15H,11,13H2,1-2H3,(H,23,24)(H,25,26). The Labute approximate surface area is 164 Å². The first kappa shape index (κ1) is 19.2. The Kier molecular flexibility index (Phi) is 6.46. The molecule has 2 N–H and O–H groups in total. The number of nitrogens with zero attached hydrogens (tertiary/aromatic N) is 1. The summed E-state index contributed by atoms with van der Waals surface area (Å²) in [6, 6.07) is 18.7. The van der Waals surface area contributed by atoms with Crippen LogP contribution in [0.5, 0.6) is 11.5 Å². The third kappa shape index (κ3) is 5.23. The maximum absolute atomic E-state index is 12.4. The summed E-state index contributed by atoms with van der Waals surface area (Å²) in [5, 5.41) is 6.16. The fraction of sp³-hybridized carbons (Fsp3) is 0.182. The van der Waals surface area contributed by atoms with Crippen LogP contribution in [0.2, 0.25) is 0 Å². The highest BCUT2D eigenvalue weighted by Crippen LogP contribution is 2.17. The predicted molar refractivity (Wildman–Crippen MR) is 110 cm³/mol. The zero-order chi connectivity index (χ0) is 19.8. The van der Waals surface area contributed by atoms with Crippen molar-refractivity contribution in [1.29, 1.82) is 0 Å². The van der Waals surface area contributed by atoms with Gasteiger partial charge in [-0.25, -0.2) is 0 Å². The molecule has 3 rings (SSSR count). The molecule has 6 heteroatoms. The second-order valence-electron chi connectivity index (χ2n) is 6.14. The van der Waals surface area contributed by atoms with Gasteiger partial charge in [-0.15, -0.1) is 0 Å². The average Bonchev–Trinajstić information content (AvgIpc) is 2.75. The fourth-order valence-corrected chi connectivity index (χ4v) is 2.68. The molecule has 2 aromatic carbocycles. The van der Waals surface area contributed by atoms with Crippen LogP contribution < -0.4 is 20.1 Å². The van der Waals surface area contributed by atoms with Crippen LogP contribution in [-0.4, -0.2) is 31.7 Å². The van der Waals surface area contributed by atoms with Crippen molar-refractivity contribution in [2.75, 3.05) is 31.4 Å². The van der Waals surface area contributed by atoms with Crippen LogP contribution in [0.3, 0.4) is 0 Å². The van der Waals surface area contributed by atoms with Crippen LogP contribution in [0.4, 0.5) is 11.4 Å². The molecule has 28 heavy (non-hydrogen) atoms. The maximum Gasteiger partial charge on any atom is 0.274 e. The molecule has 0 saturated heterocycles. The molecule has 0 aliphatic carbocycles. The van der Waals surface area contributed by atoms with Crippen LogP contribution in [0.25, 0.3) is 0 Å². The molecule has 0 aliphatic heterocycles.